The summed E-state index contributed by atoms with van der Waals surface area (Å²) in [7, 11) is 0. The molecule has 2 aromatic carbocycles. The molecule has 0 spiro atoms. The third-order valence-electron chi connectivity index (χ3n) is 4.27. The van der Waals surface area contributed by atoms with Crippen molar-refractivity contribution in [2.45, 2.75) is 25.4 Å². The Hall–Kier alpha value is -2.76. The molecule has 1 aliphatic rings. The van der Waals surface area contributed by atoms with Crippen LogP contribution in [0.25, 0.3) is 0 Å². The normalized spacial score (nSPS) is 20.4. The summed E-state index contributed by atoms with van der Waals surface area (Å²) in [6.45, 7) is 1.75. The van der Waals surface area contributed by atoms with Crippen molar-refractivity contribution < 1.29 is 18.4 Å². The van der Waals surface area contributed by atoms with Gasteiger partial charge in [0, 0.05) is 0 Å². The fourth-order valence-corrected chi connectivity index (χ4v) is 2.96. The van der Waals surface area contributed by atoms with Crippen molar-refractivity contribution in [3.8, 4) is 0 Å². The summed E-state index contributed by atoms with van der Waals surface area (Å²) in [5.41, 5.74) is -0.186. The maximum Gasteiger partial charge on any atom is 0.325 e. The van der Waals surface area contributed by atoms with Gasteiger partial charge in [-0.3, -0.25) is 9.69 Å². The highest BCUT2D eigenvalue weighted by atomic mass is 19.1. The molecule has 0 radical (unpaired) electrons. The standard InChI is InChI=1S/C18H16F2N2O2/c1-2-18(13-6-8-14(19)9-7-13)16(23)22(17(24)21-18)11-12-4-3-5-15(20)10-12/h3-10H,2,11H2,1H3,(H,21,24). The number of hydrogen-bond acceptors (Lipinski definition) is 2. The Bertz CT molecular complexity index is 792. The van der Waals surface area contributed by atoms with Crippen LogP contribution in [0.5, 0.6) is 0 Å². The van der Waals surface area contributed by atoms with Crippen LogP contribution < -0.4 is 5.32 Å². The fraction of sp³-hybridized carbons (Fsp3) is 0.222. The van der Waals surface area contributed by atoms with Gasteiger partial charge in [-0.1, -0.05) is 31.2 Å². The minimum absolute atomic E-state index is 0.0224. The zero-order valence-corrected chi connectivity index (χ0v) is 13.1. The van der Waals surface area contributed by atoms with Crippen LogP contribution in [0.15, 0.2) is 48.5 Å². The van der Waals surface area contributed by atoms with Crippen molar-refractivity contribution in [3.05, 3.63) is 71.3 Å². The van der Waals surface area contributed by atoms with Gasteiger partial charge >= 0.3 is 6.03 Å². The van der Waals surface area contributed by atoms with Crippen molar-refractivity contribution in [1.29, 1.82) is 0 Å². The number of rotatable bonds is 4. The molecule has 3 amide bonds. The molecule has 1 atom stereocenters. The molecule has 0 bridgehead atoms. The molecule has 3 rings (SSSR count). The summed E-state index contributed by atoms with van der Waals surface area (Å²) in [6.07, 6.45) is 0.322. The van der Waals surface area contributed by atoms with Gasteiger partial charge in [-0.2, -0.15) is 0 Å². The minimum atomic E-state index is -1.22. The zero-order chi connectivity index (χ0) is 17.3. The van der Waals surface area contributed by atoms with E-state index in [-0.39, 0.29) is 6.54 Å². The van der Waals surface area contributed by atoms with E-state index in [1.54, 1.807) is 13.0 Å². The Kier molecular flexibility index (Phi) is 4.05. The molecule has 1 heterocycles. The van der Waals surface area contributed by atoms with Crippen molar-refractivity contribution >= 4 is 11.9 Å². The third kappa shape index (κ3) is 2.64. The van der Waals surface area contributed by atoms with Crippen LogP contribution in [0.2, 0.25) is 0 Å². The molecular formula is C18H16F2N2O2. The first kappa shape index (κ1) is 16.1. The first-order valence-electron chi connectivity index (χ1n) is 7.61. The predicted octanol–water partition coefficient (Wildman–Crippen LogP) is 3.32. The highest BCUT2D eigenvalue weighted by Gasteiger charge is 2.51. The molecule has 1 unspecified atom stereocenters. The highest BCUT2D eigenvalue weighted by Crippen LogP contribution is 2.33. The Morgan fingerprint density at radius 3 is 2.38 bits per heavy atom. The SMILES string of the molecule is CCC1(c2ccc(F)cc2)NC(=O)N(Cc2cccc(F)c2)C1=O. The predicted molar refractivity (Wildman–Crippen MR) is 83.9 cm³/mol. The van der Waals surface area contributed by atoms with Crippen molar-refractivity contribution in [2.24, 2.45) is 0 Å². The van der Waals surface area contributed by atoms with E-state index in [0.717, 1.165) is 4.90 Å². The second kappa shape index (κ2) is 6.03. The number of nitrogens with one attached hydrogen (secondary N) is 1. The van der Waals surface area contributed by atoms with E-state index in [0.29, 0.717) is 17.5 Å². The Balaban J connectivity index is 1.93. The summed E-state index contributed by atoms with van der Waals surface area (Å²) in [6, 6.07) is 10.7. The number of imide groups is 1. The van der Waals surface area contributed by atoms with Crippen LogP contribution in [0.1, 0.15) is 24.5 Å². The largest absolute Gasteiger partial charge is 0.325 e. The van der Waals surface area contributed by atoms with Crippen LogP contribution in [0.4, 0.5) is 13.6 Å². The van der Waals surface area contributed by atoms with E-state index in [4.69, 9.17) is 0 Å². The second-order valence-corrected chi connectivity index (χ2v) is 5.72. The summed E-state index contributed by atoms with van der Waals surface area (Å²) in [4.78, 5) is 26.3. The molecule has 0 aliphatic carbocycles. The summed E-state index contributed by atoms with van der Waals surface area (Å²) in [5.74, 6) is -1.27. The topological polar surface area (TPSA) is 49.4 Å². The van der Waals surface area contributed by atoms with Crippen molar-refractivity contribution in [3.63, 3.8) is 0 Å². The van der Waals surface area contributed by atoms with Gasteiger partial charge in [-0.05, 0) is 41.8 Å². The van der Waals surface area contributed by atoms with Crippen LogP contribution in [-0.4, -0.2) is 16.8 Å². The number of urea groups is 1. The van der Waals surface area contributed by atoms with E-state index in [2.05, 4.69) is 5.32 Å². The molecule has 24 heavy (non-hydrogen) atoms. The van der Waals surface area contributed by atoms with E-state index in [9.17, 15) is 18.4 Å². The lowest BCUT2D eigenvalue weighted by Gasteiger charge is -2.25. The van der Waals surface area contributed by atoms with Gasteiger partial charge < -0.3 is 5.32 Å². The van der Waals surface area contributed by atoms with Gasteiger partial charge in [0.2, 0.25) is 0 Å². The van der Waals surface area contributed by atoms with E-state index < -0.39 is 29.1 Å². The molecule has 6 heteroatoms. The quantitative estimate of drug-likeness (QED) is 0.874. The maximum atomic E-state index is 13.3. The number of carbonyl (C=O) groups is 2. The van der Waals surface area contributed by atoms with E-state index in [1.165, 1.54) is 42.5 Å². The molecule has 1 saturated heterocycles. The summed E-state index contributed by atoms with van der Waals surface area (Å²) in [5, 5.41) is 2.71. The van der Waals surface area contributed by atoms with Crippen LogP contribution in [-0.2, 0) is 16.9 Å². The molecule has 4 nitrogen and oxygen atoms in total. The number of hydrogen-bond donors (Lipinski definition) is 1. The number of halogens is 2. The average Bonchev–Trinajstić information content (AvgIpc) is 2.81. The molecular weight excluding hydrogens is 314 g/mol. The first-order chi connectivity index (χ1) is 11.5. The van der Waals surface area contributed by atoms with Gasteiger partial charge in [0.05, 0.1) is 6.54 Å². The summed E-state index contributed by atoms with van der Waals surface area (Å²) < 4.78 is 26.5. The molecule has 2 aromatic rings. The van der Waals surface area contributed by atoms with Crippen LogP contribution in [0.3, 0.4) is 0 Å². The van der Waals surface area contributed by atoms with Crippen molar-refractivity contribution in [2.75, 3.05) is 0 Å². The first-order valence-corrected chi connectivity index (χ1v) is 7.61. The van der Waals surface area contributed by atoms with E-state index in [1.807, 2.05) is 0 Å². The third-order valence-corrected chi connectivity index (χ3v) is 4.27. The Morgan fingerprint density at radius 1 is 1.04 bits per heavy atom. The van der Waals surface area contributed by atoms with Crippen molar-refractivity contribution in [1.82, 2.24) is 10.2 Å². The molecule has 124 valence electrons. The maximum absolute atomic E-state index is 13.3. The molecule has 1 aliphatic heterocycles. The minimum Gasteiger partial charge on any atom is -0.319 e. The van der Waals surface area contributed by atoms with Crippen LogP contribution in [0, 0.1) is 11.6 Å². The smallest absolute Gasteiger partial charge is 0.319 e. The monoisotopic (exact) mass is 330 g/mol. The fourth-order valence-electron chi connectivity index (χ4n) is 2.96. The Labute approximate surface area is 138 Å². The molecule has 1 fully saturated rings. The highest BCUT2D eigenvalue weighted by molar-refractivity contribution is 6.07. The average molecular weight is 330 g/mol. The van der Waals surface area contributed by atoms with Crippen LogP contribution >= 0.6 is 0 Å². The van der Waals surface area contributed by atoms with Gasteiger partial charge in [-0.15, -0.1) is 0 Å². The Morgan fingerprint density at radius 2 is 1.75 bits per heavy atom. The number of benzene rings is 2. The van der Waals surface area contributed by atoms with E-state index >= 15 is 0 Å². The lowest BCUT2D eigenvalue weighted by atomic mass is 9.87. The summed E-state index contributed by atoms with van der Waals surface area (Å²) >= 11 is 0. The van der Waals surface area contributed by atoms with Gasteiger partial charge in [0.25, 0.3) is 5.91 Å². The molecule has 0 saturated carbocycles. The lowest BCUT2D eigenvalue weighted by Crippen LogP contribution is -2.43. The van der Waals surface area contributed by atoms with Gasteiger partial charge in [-0.25, -0.2) is 13.6 Å². The zero-order valence-electron chi connectivity index (χ0n) is 13.1. The second-order valence-electron chi connectivity index (χ2n) is 5.72. The number of nitrogens with zero attached hydrogens (tertiary/aromatic N) is 1. The lowest BCUT2D eigenvalue weighted by molar-refractivity contribution is -0.132. The molecule has 0 aromatic heterocycles. The van der Waals surface area contributed by atoms with Gasteiger partial charge in [0.1, 0.15) is 17.2 Å². The molecule has 1 N–H and O–H groups in total. The van der Waals surface area contributed by atoms with Gasteiger partial charge in [0.15, 0.2) is 0 Å². The number of amides is 3. The number of carbonyl (C=O) groups excluding carboxylic acids is 2.